The Labute approximate surface area is 70.4 Å². The number of rotatable bonds is 0. The monoisotopic (exact) mass is 196 g/mol. The zero-order chi connectivity index (χ0) is 10.3. The molecule has 9 heteroatoms. The van der Waals surface area contributed by atoms with E-state index in [1.54, 1.807) is 0 Å². The molecule has 0 aromatic heterocycles. The van der Waals surface area contributed by atoms with Gasteiger partial charge in [0.2, 0.25) is 0 Å². The summed E-state index contributed by atoms with van der Waals surface area (Å²) in [6.07, 6.45) is 0. The van der Waals surface area contributed by atoms with Gasteiger partial charge in [0.1, 0.15) is 11.2 Å². The van der Waals surface area contributed by atoms with Gasteiger partial charge in [-0.3, -0.25) is 0 Å². The van der Waals surface area contributed by atoms with E-state index >= 15 is 0 Å². The van der Waals surface area contributed by atoms with Crippen LogP contribution in [0.25, 0.3) is 0 Å². The molecule has 0 heterocycles. The zero-order valence-electron chi connectivity index (χ0n) is 5.85. The number of nitrogens with two attached hydrogens (primary N) is 4. The highest BCUT2D eigenvalue weighted by Crippen LogP contribution is 1.86. The second kappa shape index (κ2) is 6.24. The predicted octanol–water partition coefficient (Wildman–Crippen LogP) is -2.08. The van der Waals surface area contributed by atoms with Gasteiger partial charge < -0.3 is 27.5 Å². The van der Waals surface area contributed by atoms with Crippen molar-refractivity contribution < 1.29 is 18.9 Å². The minimum atomic E-state index is -2.35. The molecular weight excluding hydrogens is 188 g/mol. The van der Waals surface area contributed by atoms with Crippen molar-refractivity contribution >= 4 is 27.7 Å². The summed E-state index contributed by atoms with van der Waals surface area (Å²) in [4.78, 5) is 28.5. The lowest BCUT2D eigenvalue weighted by molar-refractivity contribution is 0.256. The van der Waals surface area contributed by atoms with Crippen LogP contribution in [0.2, 0.25) is 0 Å². The fourth-order valence-electron chi connectivity index (χ4n) is 0.0991. The first-order valence-corrected chi connectivity index (χ1v) is 3.49. The van der Waals surface area contributed by atoms with Gasteiger partial charge in [-0.15, -0.1) is 0 Å². The Morgan fingerprint density at radius 1 is 0.917 bits per heavy atom. The maximum absolute atomic E-state index is 10.0. The van der Waals surface area contributed by atoms with Gasteiger partial charge in [-0.2, -0.15) is 0 Å². The van der Waals surface area contributed by atoms with Gasteiger partial charge in [0.15, 0.2) is 0 Å². The third-order valence-corrected chi connectivity index (χ3v) is 1.10. The average molecular weight is 196 g/mol. The SMILES string of the molecule is NC(=O)[S+]([O-])C(N)=O.NC(N)=O. The predicted molar refractivity (Wildman–Crippen MR) is 41.1 cm³/mol. The molecule has 0 radical (unpaired) electrons. The number of hydrogen-bond donors (Lipinski definition) is 4. The van der Waals surface area contributed by atoms with Crippen molar-refractivity contribution in [2.45, 2.75) is 0 Å². The highest BCUT2D eigenvalue weighted by atomic mass is 32.2. The smallest absolute Gasteiger partial charge is 0.435 e. The maximum Gasteiger partial charge on any atom is 0.435 e. The highest BCUT2D eigenvalue weighted by Gasteiger charge is 2.21. The summed E-state index contributed by atoms with van der Waals surface area (Å²) in [6.45, 7) is 0. The Hall–Kier alpha value is -1.48. The van der Waals surface area contributed by atoms with Crippen LogP contribution in [0.5, 0.6) is 0 Å². The van der Waals surface area contributed by atoms with E-state index in [-0.39, 0.29) is 0 Å². The fraction of sp³-hybridized carbons (Fsp3) is 0. The van der Waals surface area contributed by atoms with Crippen LogP contribution >= 0.6 is 0 Å². The molecule has 0 spiro atoms. The molecule has 70 valence electrons. The van der Waals surface area contributed by atoms with Gasteiger partial charge in [0.05, 0.1) is 0 Å². The number of carbonyl (C=O) groups is 3. The van der Waals surface area contributed by atoms with Gasteiger partial charge in [-0.25, -0.2) is 14.4 Å². The molecule has 0 aromatic carbocycles. The van der Waals surface area contributed by atoms with Crippen LogP contribution in [-0.2, 0) is 11.2 Å². The number of urea groups is 1. The molecule has 0 rings (SSSR count). The van der Waals surface area contributed by atoms with E-state index in [0.717, 1.165) is 0 Å². The van der Waals surface area contributed by atoms with E-state index in [1.807, 2.05) is 0 Å². The third-order valence-electron chi connectivity index (χ3n) is 0.365. The second-order valence-corrected chi connectivity index (χ2v) is 2.65. The van der Waals surface area contributed by atoms with E-state index in [2.05, 4.69) is 22.9 Å². The molecule has 0 aliphatic heterocycles. The van der Waals surface area contributed by atoms with Crippen LogP contribution in [0.15, 0.2) is 0 Å². The van der Waals surface area contributed by atoms with Crippen LogP contribution in [-0.4, -0.2) is 21.1 Å². The van der Waals surface area contributed by atoms with Crippen molar-refractivity contribution in [3.05, 3.63) is 0 Å². The van der Waals surface area contributed by atoms with Gasteiger partial charge in [-0.1, -0.05) is 0 Å². The molecule has 0 bridgehead atoms. The molecule has 8 nitrogen and oxygen atoms in total. The number of hydrogen-bond acceptors (Lipinski definition) is 4. The molecule has 0 aliphatic carbocycles. The molecule has 8 N–H and O–H groups in total. The maximum atomic E-state index is 10.0. The third kappa shape index (κ3) is 11.3. The summed E-state index contributed by atoms with van der Waals surface area (Å²) in [5.41, 5.74) is 17.3. The van der Waals surface area contributed by atoms with Crippen molar-refractivity contribution in [2.24, 2.45) is 22.9 Å². The first kappa shape index (κ1) is 13.1. The van der Waals surface area contributed by atoms with E-state index in [9.17, 15) is 14.1 Å². The second-order valence-electron chi connectivity index (χ2n) is 1.31. The lowest BCUT2D eigenvalue weighted by Crippen LogP contribution is -2.32. The number of primary amides is 4. The van der Waals surface area contributed by atoms with Crippen LogP contribution in [0.4, 0.5) is 14.4 Å². The number of amides is 4. The van der Waals surface area contributed by atoms with E-state index in [0.29, 0.717) is 0 Å². The largest absolute Gasteiger partial charge is 0.599 e. The minimum absolute atomic E-state index is 0.833. The topological polar surface area (TPSA) is 178 Å². The Morgan fingerprint density at radius 3 is 1.08 bits per heavy atom. The lowest BCUT2D eigenvalue weighted by atomic mass is 11.2. The fourth-order valence-corrected chi connectivity index (χ4v) is 0.297. The van der Waals surface area contributed by atoms with E-state index in [4.69, 9.17) is 4.79 Å². The normalized spacial score (nSPS) is 8.17. The van der Waals surface area contributed by atoms with Crippen molar-refractivity contribution in [1.29, 1.82) is 0 Å². The highest BCUT2D eigenvalue weighted by molar-refractivity contribution is 8.18. The molecule has 0 atom stereocenters. The van der Waals surface area contributed by atoms with Crippen LogP contribution in [0, 0.1) is 0 Å². The molecule has 4 amide bonds. The molecule has 0 fully saturated rings. The molecular formula is C3H8N4O4S. The molecule has 0 unspecified atom stereocenters. The van der Waals surface area contributed by atoms with Gasteiger partial charge in [0.25, 0.3) is 0 Å². The van der Waals surface area contributed by atoms with Crippen molar-refractivity contribution in [3.63, 3.8) is 0 Å². The first-order chi connectivity index (χ1) is 5.29. The summed E-state index contributed by atoms with van der Waals surface area (Å²) >= 11 is -2.35. The van der Waals surface area contributed by atoms with Gasteiger partial charge in [0, 0.05) is 0 Å². The van der Waals surface area contributed by atoms with Crippen LogP contribution < -0.4 is 22.9 Å². The summed E-state index contributed by atoms with van der Waals surface area (Å²) in [5.74, 6) is 0. The van der Waals surface area contributed by atoms with Crippen LogP contribution in [0.1, 0.15) is 0 Å². The standard InChI is InChI=1S/C2H4N2O3S.CH4N2O/c3-1(5)8(7)2(4)6;2-1(3)4/h(H2,3,5)(H2,4,6);(H4,2,3,4). The van der Waals surface area contributed by atoms with Crippen molar-refractivity contribution in [3.8, 4) is 0 Å². The lowest BCUT2D eigenvalue weighted by Gasteiger charge is -1.95. The van der Waals surface area contributed by atoms with E-state index in [1.165, 1.54) is 0 Å². The van der Waals surface area contributed by atoms with Gasteiger partial charge >= 0.3 is 16.5 Å². The van der Waals surface area contributed by atoms with Gasteiger partial charge in [-0.05, 0) is 0 Å². The molecule has 12 heavy (non-hydrogen) atoms. The summed E-state index contributed by atoms with van der Waals surface area (Å²) in [7, 11) is 0. The van der Waals surface area contributed by atoms with Crippen LogP contribution in [0.3, 0.4) is 0 Å². The average Bonchev–Trinajstić information content (AvgIpc) is 1.84. The Bertz CT molecular complexity index is 177. The number of carbonyl (C=O) groups excluding carboxylic acids is 3. The Morgan fingerprint density at radius 2 is 1.08 bits per heavy atom. The molecule has 0 aliphatic rings. The zero-order valence-corrected chi connectivity index (χ0v) is 6.67. The Kier molecular flexibility index (Phi) is 6.83. The minimum Gasteiger partial charge on any atom is -0.599 e. The van der Waals surface area contributed by atoms with Crippen molar-refractivity contribution in [1.82, 2.24) is 0 Å². The van der Waals surface area contributed by atoms with E-state index < -0.39 is 27.7 Å². The molecule has 0 saturated heterocycles. The Balaban J connectivity index is 0. The molecule has 0 saturated carbocycles. The quantitative estimate of drug-likeness (QED) is 0.325. The summed E-state index contributed by atoms with van der Waals surface area (Å²) in [6, 6.07) is -0.833. The summed E-state index contributed by atoms with van der Waals surface area (Å²) in [5, 5.41) is -2.42. The summed E-state index contributed by atoms with van der Waals surface area (Å²) < 4.78 is 10.0. The molecule has 0 aromatic rings. The first-order valence-electron chi connectivity index (χ1n) is 2.34. The van der Waals surface area contributed by atoms with Crippen molar-refractivity contribution in [2.75, 3.05) is 0 Å².